The van der Waals surface area contributed by atoms with Crippen LogP contribution in [0.15, 0.2) is 12.7 Å². The normalized spacial score (nSPS) is 9.30. The highest BCUT2D eigenvalue weighted by Gasteiger charge is 1.97. The van der Waals surface area contributed by atoms with Crippen molar-refractivity contribution in [3.8, 4) is 12.3 Å². The number of rotatable bonds is 5. The largest absolute Gasteiger partial charge is 0.119 e. The lowest BCUT2D eigenvalue weighted by Gasteiger charge is -2.00. The monoisotopic (exact) mass is 135 g/mol. The van der Waals surface area contributed by atoms with Gasteiger partial charge in [0.15, 0.2) is 0 Å². The number of allylic oxidation sites excluding steroid dienone is 1. The second kappa shape index (κ2) is 6.42. The van der Waals surface area contributed by atoms with E-state index in [1.54, 1.807) is 6.08 Å². The molecule has 0 aromatic rings. The molecule has 1 radical (unpaired) electrons. The maximum Gasteiger partial charge on any atom is 0.0688 e. The highest BCUT2D eigenvalue weighted by Crippen LogP contribution is 2.11. The van der Waals surface area contributed by atoms with Crippen molar-refractivity contribution in [3.05, 3.63) is 18.6 Å². The van der Waals surface area contributed by atoms with E-state index in [4.69, 9.17) is 6.42 Å². The molecule has 0 bridgehead atoms. The molecule has 0 aliphatic rings. The lowest BCUT2D eigenvalue weighted by molar-refractivity contribution is 0.704. The number of unbranched alkanes of at least 4 members (excludes halogenated alkanes) is 2. The van der Waals surface area contributed by atoms with Gasteiger partial charge in [0.05, 0.1) is 5.92 Å². The molecule has 0 nitrogen and oxygen atoms in total. The Morgan fingerprint density at radius 3 is 2.70 bits per heavy atom. The van der Waals surface area contributed by atoms with Gasteiger partial charge in [-0.1, -0.05) is 38.2 Å². The van der Waals surface area contributed by atoms with E-state index in [2.05, 4.69) is 19.4 Å². The summed E-state index contributed by atoms with van der Waals surface area (Å²) < 4.78 is 0. The van der Waals surface area contributed by atoms with Crippen molar-refractivity contribution in [1.82, 2.24) is 0 Å². The van der Waals surface area contributed by atoms with Crippen molar-refractivity contribution in [2.24, 2.45) is 0 Å². The number of hydrogen-bond donors (Lipinski definition) is 0. The van der Waals surface area contributed by atoms with Crippen LogP contribution in [0.5, 0.6) is 0 Å². The molecule has 0 atom stereocenters. The fourth-order valence-electron chi connectivity index (χ4n) is 0.799. The molecule has 0 rings (SSSR count). The van der Waals surface area contributed by atoms with E-state index in [0.29, 0.717) is 0 Å². The van der Waals surface area contributed by atoms with Gasteiger partial charge < -0.3 is 0 Å². The van der Waals surface area contributed by atoms with Gasteiger partial charge >= 0.3 is 0 Å². The third-order valence-corrected chi connectivity index (χ3v) is 1.48. The van der Waals surface area contributed by atoms with Crippen molar-refractivity contribution in [2.75, 3.05) is 0 Å². The quantitative estimate of drug-likeness (QED) is 0.401. The smallest absolute Gasteiger partial charge is 0.0688 e. The van der Waals surface area contributed by atoms with E-state index in [1.807, 2.05) is 0 Å². The molecule has 0 heteroatoms. The molecule has 0 unspecified atom stereocenters. The molecule has 0 fully saturated rings. The van der Waals surface area contributed by atoms with Gasteiger partial charge in [-0.15, -0.1) is 13.0 Å². The SMILES string of the molecule is C#C[C](C=C)CCCCC. The van der Waals surface area contributed by atoms with Gasteiger partial charge in [0, 0.05) is 0 Å². The summed E-state index contributed by atoms with van der Waals surface area (Å²) in [6, 6.07) is 0. The van der Waals surface area contributed by atoms with Crippen LogP contribution in [0.25, 0.3) is 0 Å². The molecule has 0 aliphatic heterocycles. The minimum Gasteiger partial charge on any atom is -0.119 e. The molecule has 0 aromatic carbocycles. The molecule has 0 saturated heterocycles. The second-order valence-corrected chi connectivity index (χ2v) is 2.33. The van der Waals surface area contributed by atoms with E-state index in [1.165, 1.54) is 19.3 Å². The molecular weight excluding hydrogens is 120 g/mol. The Bertz CT molecular complexity index is 116. The fourth-order valence-corrected chi connectivity index (χ4v) is 0.799. The lowest BCUT2D eigenvalue weighted by atomic mass is 10.0. The van der Waals surface area contributed by atoms with Crippen molar-refractivity contribution in [2.45, 2.75) is 32.6 Å². The van der Waals surface area contributed by atoms with Gasteiger partial charge in [-0.2, -0.15) is 0 Å². The summed E-state index contributed by atoms with van der Waals surface area (Å²) in [4.78, 5) is 0. The van der Waals surface area contributed by atoms with Crippen LogP contribution < -0.4 is 0 Å². The fraction of sp³-hybridized carbons (Fsp3) is 0.500. The minimum absolute atomic E-state index is 1.02. The Morgan fingerprint density at radius 1 is 1.60 bits per heavy atom. The zero-order valence-electron chi connectivity index (χ0n) is 6.69. The topological polar surface area (TPSA) is 0 Å². The highest BCUT2D eigenvalue weighted by molar-refractivity contribution is 5.26. The third kappa shape index (κ3) is 4.21. The van der Waals surface area contributed by atoms with E-state index in [0.717, 1.165) is 12.3 Å². The first-order valence-corrected chi connectivity index (χ1v) is 3.80. The molecule has 0 N–H and O–H groups in total. The molecule has 0 aliphatic carbocycles. The molecule has 0 heterocycles. The molecule has 0 saturated carbocycles. The Balaban J connectivity index is 3.28. The van der Waals surface area contributed by atoms with Crippen LogP contribution in [0.2, 0.25) is 0 Å². The predicted octanol–water partition coefficient (Wildman–Crippen LogP) is 2.96. The molecule has 10 heavy (non-hydrogen) atoms. The number of terminal acetylenes is 1. The van der Waals surface area contributed by atoms with Gasteiger partial charge in [-0.3, -0.25) is 0 Å². The van der Waals surface area contributed by atoms with Crippen LogP contribution in [-0.2, 0) is 0 Å². The van der Waals surface area contributed by atoms with E-state index < -0.39 is 0 Å². The first-order valence-electron chi connectivity index (χ1n) is 3.80. The average Bonchev–Trinajstić information content (AvgIpc) is 1.99. The summed E-state index contributed by atoms with van der Waals surface area (Å²) in [7, 11) is 0. The Labute approximate surface area is 64.3 Å². The van der Waals surface area contributed by atoms with Gasteiger partial charge in [0.25, 0.3) is 0 Å². The molecule has 0 spiro atoms. The van der Waals surface area contributed by atoms with Crippen LogP contribution in [0, 0.1) is 18.3 Å². The van der Waals surface area contributed by atoms with Crippen molar-refractivity contribution in [3.63, 3.8) is 0 Å². The van der Waals surface area contributed by atoms with Crippen molar-refractivity contribution in [1.29, 1.82) is 0 Å². The standard InChI is InChI=1S/C10H15/c1-4-7-8-9-10(5-2)6-3/h2,6H,3-4,7-9H2,1H3. The molecule has 55 valence electrons. The van der Waals surface area contributed by atoms with Gasteiger partial charge in [0.2, 0.25) is 0 Å². The van der Waals surface area contributed by atoms with Crippen LogP contribution in [0.1, 0.15) is 32.6 Å². The summed E-state index contributed by atoms with van der Waals surface area (Å²) in [5.74, 6) is 3.64. The highest BCUT2D eigenvalue weighted by atomic mass is 14.0. The van der Waals surface area contributed by atoms with Crippen LogP contribution in [0.3, 0.4) is 0 Å². The zero-order valence-corrected chi connectivity index (χ0v) is 6.69. The van der Waals surface area contributed by atoms with Gasteiger partial charge in [-0.05, 0) is 6.42 Å². The Kier molecular flexibility index (Phi) is 5.97. The number of hydrogen-bond acceptors (Lipinski definition) is 0. The van der Waals surface area contributed by atoms with Crippen LogP contribution >= 0.6 is 0 Å². The summed E-state index contributed by atoms with van der Waals surface area (Å²) in [5, 5.41) is 0. The second-order valence-electron chi connectivity index (χ2n) is 2.33. The summed E-state index contributed by atoms with van der Waals surface area (Å²) in [5.41, 5.74) is 0. The Hall–Kier alpha value is -0.700. The zero-order chi connectivity index (χ0) is 7.82. The molecular formula is C10H15. The minimum atomic E-state index is 1.02. The molecule has 0 aromatic heterocycles. The maximum absolute atomic E-state index is 5.21. The predicted molar refractivity (Wildman–Crippen MR) is 46.4 cm³/mol. The van der Waals surface area contributed by atoms with Crippen molar-refractivity contribution < 1.29 is 0 Å². The summed E-state index contributed by atoms with van der Waals surface area (Å²) in [6.45, 7) is 5.82. The van der Waals surface area contributed by atoms with E-state index in [-0.39, 0.29) is 0 Å². The average molecular weight is 135 g/mol. The third-order valence-electron chi connectivity index (χ3n) is 1.48. The van der Waals surface area contributed by atoms with E-state index >= 15 is 0 Å². The lowest BCUT2D eigenvalue weighted by Crippen LogP contribution is -1.87. The Morgan fingerprint density at radius 2 is 2.30 bits per heavy atom. The van der Waals surface area contributed by atoms with Gasteiger partial charge in [0.1, 0.15) is 0 Å². The first-order chi connectivity index (χ1) is 4.85. The van der Waals surface area contributed by atoms with Crippen molar-refractivity contribution >= 4 is 0 Å². The first kappa shape index (κ1) is 9.30. The molecule has 0 amide bonds. The maximum atomic E-state index is 5.21. The summed E-state index contributed by atoms with van der Waals surface area (Å²) in [6.07, 6.45) is 11.7. The summed E-state index contributed by atoms with van der Waals surface area (Å²) >= 11 is 0. The van der Waals surface area contributed by atoms with Gasteiger partial charge in [-0.25, -0.2) is 0 Å². The van der Waals surface area contributed by atoms with Crippen LogP contribution in [-0.4, -0.2) is 0 Å². The van der Waals surface area contributed by atoms with E-state index in [9.17, 15) is 0 Å². The van der Waals surface area contributed by atoms with Crippen LogP contribution in [0.4, 0.5) is 0 Å².